The van der Waals surface area contributed by atoms with Gasteiger partial charge in [0.15, 0.2) is 0 Å². The number of hydrogen-bond acceptors (Lipinski definition) is 5. The standard InChI is InChI=1S/C34H40Cl2N4O4/c1-6-39(7-2)30(41)9-8-20-37-34(42)40-32(24-12-16-26(36)17-13-24)31(23-10-14-25(35)15-11-23)38-33(40)28-19-18-27(43-5)21-29(28)44-22(3)4/h10-19,21-22,31-32H,6-9,20H2,1-5H3,(H,37,42)/t31-,32+/m1/s1. The van der Waals surface area contributed by atoms with E-state index in [0.717, 1.165) is 11.1 Å². The molecule has 44 heavy (non-hydrogen) atoms. The number of carbonyl (C=O) groups is 2. The summed E-state index contributed by atoms with van der Waals surface area (Å²) in [5.74, 6) is 1.70. The highest BCUT2D eigenvalue weighted by atomic mass is 35.5. The maximum Gasteiger partial charge on any atom is 0.323 e. The van der Waals surface area contributed by atoms with Crippen molar-refractivity contribution in [1.29, 1.82) is 0 Å². The van der Waals surface area contributed by atoms with E-state index in [0.29, 0.717) is 65.4 Å². The van der Waals surface area contributed by atoms with Crippen LogP contribution in [0.1, 0.15) is 69.3 Å². The van der Waals surface area contributed by atoms with Gasteiger partial charge in [-0.1, -0.05) is 47.5 Å². The molecule has 0 aliphatic carbocycles. The summed E-state index contributed by atoms with van der Waals surface area (Å²) in [6, 6.07) is 19.1. The molecule has 1 aliphatic rings. The molecule has 0 saturated carbocycles. The van der Waals surface area contributed by atoms with Crippen molar-refractivity contribution < 1.29 is 19.1 Å². The Morgan fingerprint density at radius 1 is 0.955 bits per heavy atom. The molecule has 3 aromatic rings. The number of hydrogen-bond donors (Lipinski definition) is 1. The van der Waals surface area contributed by atoms with Crippen molar-refractivity contribution in [3.63, 3.8) is 0 Å². The molecule has 0 bridgehead atoms. The van der Waals surface area contributed by atoms with Gasteiger partial charge in [-0.05, 0) is 81.6 Å². The molecule has 0 radical (unpaired) electrons. The van der Waals surface area contributed by atoms with E-state index in [1.54, 1.807) is 23.0 Å². The van der Waals surface area contributed by atoms with Crippen LogP contribution in [0, 0.1) is 0 Å². The second kappa shape index (κ2) is 15.3. The van der Waals surface area contributed by atoms with Crippen LogP contribution in [0.5, 0.6) is 11.5 Å². The normalized spacial score (nSPS) is 16.1. The van der Waals surface area contributed by atoms with Crippen LogP contribution >= 0.6 is 23.2 Å². The first-order chi connectivity index (χ1) is 21.2. The van der Waals surface area contributed by atoms with Crippen LogP contribution in [-0.4, -0.2) is 60.4 Å². The molecule has 1 aliphatic heterocycles. The van der Waals surface area contributed by atoms with E-state index >= 15 is 0 Å². The molecule has 2 atom stereocenters. The summed E-state index contributed by atoms with van der Waals surface area (Å²) >= 11 is 12.5. The van der Waals surface area contributed by atoms with Gasteiger partial charge in [-0.25, -0.2) is 4.79 Å². The maximum absolute atomic E-state index is 14.2. The molecule has 3 aromatic carbocycles. The smallest absolute Gasteiger partial charge is 0.323 e. The Kier molecular flexibility index (Phi) is 11.5. The van der Waals surface area contributed by atoms with E-state index in [4.69, 9.17) is 37.7 Å². The first kappa shape index (κ1) is 33.1. The second-order valence-electron chi connectivity index (χ2n) is 10.7. The number of ether oxygens (including phenoxy) is 2. The zero-order valence-corrected chi connectivity index (χ0v) is 27.4. The van der Waals surface area contributed by atoms with Gasteiger partial charge >= 0.3 is 6.03 Å². The number of urea groups is 1. The number of methoxy groups -OCH3 is 1. The first-order valence-corrected chi connectivity index (χ1v) is 15.7. The number of nitrogens with one attached hydrogen (secondary N) is 1. The Morgan fingerprint density at radius 3 is 2.14 bits per heavy atom. The Balaban J connectivity index is 1.77. The molecule has 0 saturated heterocycles. The van der Waals surface area contributed by atoms with E-state index < -0.39 is 12.1 Å². The predicted octanol–water partition coefficient (Wildman–Crippen LogP) is 7.69. The Bertz CT molecular complexity index is 1460. The highest BCUT2D eigenvalue weighted by Gasteiger charge is 2.43. The third-order valence-corrected chi connectivity index (χ3v) is 7.96. The van der Waals surface area contributed by atoms with Gasteiger partial charge in [-0.3, -0.25) is 14.7 Å². The minimum atomic E-state index is -0.505. The summed E-state index contributed by atoms with van der Waals surface area (Å²) in [6.45, 7) is 9.45. The van der Waals surface area contributed by atoms with Crippen molar-refractivity contribution in [2.24, 2.45) is 4.99 Å². The van der Waals surface area contributed by atoms with Crippen molar-refractivity contribution in [1.82, 2.24) is 15.1 Å². The maximum atomic E-state index is 14.2. The van der Waals surface area contributed by atoms with E-state index in [-0.39, 0.29) is 18.0 Å². The highest BCUT2D eigenvalue weighted by molar-refractivity contribution is 6.30. The molecule has 0 aromatic heterocycles. The second-order valence-corrected chi connectivity index (χ2v) is 11.6. The number of amidine groups is 1. The minimum absolute atomic E-state index is 0.0724. The number of nitrogens with zero attached hydrogens (tertiary/aromatic N) is 3. The molecule has 3 amide bonds. The highest BCUT2D eigenvalue weighted by Crippen LogP contribution is 2.45. The van der Waals surface area contributed by atoms with Gasteiger partial charge < -0.3 is 19.7 Å². The van der Waals surface area contributed by atoms with E-state index in [2.05, 4.69) is 5.32 Å². The van der Waals surface area contributed by atoms with E-state index in [1.807, 2.05) is 88.4 Å². The number of carbonyl (C=O) groups excluding carboxylic acids is 2. The van der Waals surface area contributed by atoms with Gasteiger partial charge in [0, 0.05) is 42.2 Å². The zero-order valence-electron chi connectivity index (χ0n) is 25.8. The number of amides is 3. The molecule has 8 nitrogen and oxygen atoms in total. The molecule has 0 unspecified atom stereocenters. The molecule has 4 rings (SSSR count). The quantitative estimate of drug-likeness (QED) is 0.206. The van der Waals surface area contributed by atoms with Crippen molar-refractivity contribution in [2.75, 3.05) is 26.7 Å². The molecule has 0 spiro atoms. The van der Waals surface area contributed by atoms with Crippen LogP contribution in [-0.2, 0) is 4.79 Å². The predicted molar refractivity (Wildman–Crippen MR) is 176 cm³/mol. The molecule has 1 N–H and O–H groups in total. The van der Waals surface area contributed by atoms with Crippen LogP contribution in [0.15, 0.2) is 71.7 Å². The van der Waals surface area contributed by atoms with Gasteiger partial charge in [0.2, 0.25) is 5.91 Å². The molecule has 1 heterocycles. The van der Waals surface area contributed by atoms with Gasteiger partial charge in [-0.15, -0.1) is 0 Å². The molecular formula is C34H40Cl2N4O4. The van der Waals surface area contributed by atoms with Crippen LogP contribution < -0.4 is 14.8 Å². The lowest BCUT2D eigenvalue weighted by molar-refractivity contribution is -0.130. The van der Waals surface area contributed by atoms with Crippen LogP contribution in [0.4, 0.5) is 4.79 Å². The fourth-order valence-corrected chi connectivity index (χ4v) is 5.54. The zero-order chi connectivity index (χ0) is 31.8. The Labute approximate surface area is 270 Å². The summed E-state index contributed by atoms with van der Waals surface area (Å²) < 4.78 is 11.7. The summed E-state index contributed by atoms with van der Waals surface area (Å²) in [5, 5.41) is 4.25. The summed E-state index contributed by atoms with van der Waals surface area (Å²) in [5.41, 5.74) is 2.41. The number of aliphatic imine (C=N–C) groups is 1. The lowest BCUT2D eigenvalue weighted by Crippen LogP contribution is -2.44. The Hall–Kier alpha value is -3.75. The monoisotopic (exact) mass is 638 g/mol. The fourth-order valence-electron chi connectivity index (χ4n) is 5.29. The number of halogens is 2. The SMILES string of the molecule is CCN(CC)C(=O)CCCNC(=O)N1C(c2ccc(OC)cc2OC(C)C)=N[C@H](c2ccc(Cl)cc2)[C@@H]1c1ccc(Cl)cc1. The molecule has 0 fully saturated rings. The minimum Gasteiger partial charge on any atom is -0.497 e. The third-order valence-electron chi connectivity index (χ3n) is 7.46. The van der Waals surface area contributed by atoms with E-state index in [1.165, 1.54) is 0 Å². The van der Waals surface area contributed by atoms with Gasteiger partial charge in [0.25, 0.3) is 0 Å². The van der Waals surface area contributed by atoms with Crippen molar-refractivity contribution in [3.8, 4) is 11.5 Å². The third kappa shape index (κ3) is 7.85. The molecular weight excluding hydrogens is 599 g/mol. The van der Waals surface area contributed by atoms with Crippen LogP contribution in [0.25, 0.3) is 0 Å². The summed E-state index contributed by atoms with van der Waals surface area (Å²) in [6.07, 6.45) is 0.729. The van der Waals surface area contributed by atoms with Gasteiger partial charge in [0.1, 0.15) is 23.4 Å². The summed E-state index contributed by atoms with van der Waals surface area (Å²) in [4.78, 5) is 35.4. The Morgan fingerprint density at radius 2 is 1.57 bits per heavy atom. The van der Waals surface area contributed by atoms with Crippen molar-refractivity contribution in [3.05, 3.63) is 93.5 Å². The largest absolute Gasteiger partial charge is 0.497 e. The van der Waals surface area contributed by atoms with Gasteiger partial charge in [0.05, 0.1) is 24.8 Å². The van der Waals surface area contributed by atoms with Crippen molar-refractivity contribution in [2.45, 2.75) is 58.7 Å². The van der Waals surface area contributed by atoms with Crippen molar-refractivity contribution >= 4 is 41.0 Å². The first-order valence-electron chi connectivity index (χ1n) is 14.9. The lowest BCUT2D eigenvalue weighted by atomic mass is 9.94. The topological polar surface area (TPSA) is 83.5 Å². The number of benzene rings is 3. The van der Waals surface area contributed by atoms with E-state index in [9.17, 15) is 9.59 Å². The van der Waals surface area contributed by atoms with Crippen LogP contribution in [0.2, 0.25) is 10.0 Å². The molecule has 10 heteroatoms. The lowest BCUT2D eigenvalue weighted by Gasteiger charge is -2.30. The average Bonchev–Trinajstić information content (AvgIpc) is 3.40. The van der Waals surface area contributed by atoms with Gasteiger partial charge in [-0.2, -0.15) is 0 Å². The average molecular weight is 640 g/mol. The summed E-state index contributed by atoms with van der Waals surface area (Å²) in [7, 11) is 1.60. The fraction of sp³-hybridized carbons (Fsp3) is 0.382. The molecule has 234 valence electrons. The number of rotatable bonds is 12. The van der Waals surface area contributed by atoms with Crippen LogP contribution in [0.3, 0.4) is 0 Å².